The van der Waals surface area contributed by atoms with Crippen LogP contribution in [0.2, 0.25) is 10.0 Å². The average molecular weight is 555 g/mol. The molecule has 1 amide bonds. The van der Waals surface area contributed by atoms with Crippen molar-refractivity contribution in [3.63, 3.8) is 0 Å². The Morgan fingerprint density at radius 3 is 2.41 bits per heavy atom. The van der Waals surface area contributed by atoms with Gasteiger partial charge in [0.15, 0.2) is 0 Å². The third-order valence-corrected chi connectivity index (χ3v) is 7.19. The molecule has 0 atom stereocenters. The second-order valence-electron chi connectivity index (χ2n) is 6.66. The van der Waals surface area contributed by atoms with Gasteiger partial charge >= 0.3 is 0 Å². The maximum atomic E-state index is 13.3. The molecule has 0 saturated heterocycles. The number of benzene rings is 3. The summed E-state index contributed by atoms with van der Waals surface area (Å²) < 4.78 is 28.4. The fraction of sp³-hybridized carbons (Fsp3) is 0.0909. The van der Waals surface area contributed by atoms with Gasteiger partial charge in [0, 0.05) is 9.50 Å². The van der Waals surface area contributed by atoms with Crippen LogP contribution in [-0.4, -0.2) is 26.6 Å². The lowest BCUT2D eigenvalue weighted by atomic mass is 10.1. The highest BCUT2D eigenvalue weighted by Crippen LogP contribution is 2.32. The molecule has 0 aliphatic heterocycles. The molecule has 0 spiro atoms. The van der Waals surface area contributed by atoms with Crippen LogP contribution in [-0.2, 0) is 14.8 Å². The summed E-state index contributed by atoms with van der Waals surface area (Å²) in [6, 6.07) is 19.6. The third-order valence-electron chi connectivity index (χ3n) is 4.39. The Kier molecular flexibility index (Phi) is 7.95. The number of nitrogens with zero attached hydrogens (tertiary/aromatic N) is 2. The molecule has 3 rings (SSSR count). The number of halogens is 3. The quantitative estimate of drug-likeness (QED) is 0.310. The lowest BCUT2D eigenvalue weighted by Crippen LogP contribution is -2.40. The molecule has 0 aliphatic carbocycles. The van der Waals surface area contributed by atoms with E-state index in [4.69, 9.17) is 23.2 Å². The Hall–Kier alpha value is -2.39. The fourth-order valence-corrected chi connectivity index (χ4v) is 5.21. The largest absolute Gasteiger partial charge is 0.271 e. The number of nitrogens with one attached hydrogen (secondary N) is 1. The van der Waals surface area contributed by atoms with Crippen molar-refractivity contribution in [3.05, 3.63) is 92.9 Å². The summed E-state index contributed by atoms with van der Waals surface area (Å²) in [5.41, 5.74) is 3.90. The van der Waals surface area contributed by atoms with Crippen molar-refractivity contribution in [2.24, 2.45) is 5.10 Å². The van der Waals surface area contributed by atoms with Gasteiger partial charge in [0.25, 0.3) is 15.9 Å². The van der Waals surface area contributed by atoms with Crippen LogP contribution in [0.4, 0.5) is 5.69 Å². The molecule has 0 radical (unpaired) electrons. The first-order chi connectivity index (χ1) is 15.2. The number of sulfonamides is 1. The molecular formula is C22H18BrCl2N3O3S. The van der Waals surface area contributed by atoms with Crippen LogP contribution < -0.4 is 9.73 Å². The van der Waals surface area contributed by atoms with Crippen LogP contribution in [0.25, 0.3) is 0 Å². The van der Waals surface area contributed by atoms with Crippen molar-refractivity contribution < 1.29 is 13.2 Å². The molecule has 0 aromatic heterocycles. The van der Waals surface area contributed by atoms with Gasteiger partial charge in [-0.25, -0.2) is 13.8 Å². The molecule has 0 saturated carbocycles. The van der Waals surface area contributed by atoms with E-state index >= 15 is 0 Å². The van der Waals surface area contributed by atoms with E-state index in [1.54, 1.807) is 25.1 Å². The number of anilines is 1. The van der Waals surface area contributed by atoms with Gasteiger partial charge in [-0.3, -0.25) is 9.10 Å². The molecule has 32 heavy (non-hydrogen) atoms. The minimum atomic E-state index is -4.09. The highest BCUT2D eigenvalue weighted by molar-refractivity contribution is 9.10. The number of amides is 1. The van der Waals surface area contributed by atoms with E-state index in [9.17, 15) is 13.2 Å². The Balaban J connectivity index is 1.90. The number of hydrogen-bond donors (Lipinski definition) is 1. The number of hydrogen-bond acceptors (Lipinski definition) is 4. The van der Waals surface area contributed by atoms with Crippen LogP contribution in [0.5, 0.6) is 0 Å². The normalized spacial score (nSPS) is 11.8. The van der Waals surface area contributed by atoms with Crippen LogP contribution in [0.1, 0.15) is 12.5 Å². The standard InChI is InChI=1S/C22H18BrCl2N3O3S/c1-15(16-6-5-7-17(23)12-16)26-27-22(29)14-28(21-11-10-18(24)13-20(21)25)32(30,31)19-8-3-2-4-9-19/h2-13H,14H2,1H3,(H,27,29)/b26-15-. The topological polar surface area (TPSA) is 78.8 Å². The van der Waals surface area contributed by atoms with Crippen LogP contribution in [0, 0.1) is 0 Å². The summed E-state index contributed by atoms with van der Waals surface area (Å²) in [4.78, 5) is 12.7. The van der Waals surface area contributed by atoms with E-state index < -0.39 is 22.5 Å². The van der Waals surface area contributed by atoms with Gasteiger partial charge in [0.05, 0.1) is 21.3 Å². The first-order valence-electron chi connectivity index (χ1n) is 9.30. The molecule has 0 heterocycles. The maximum absolute atomic E-state index is 13.3. The number of rotatable bonds is 7. The maximum Gasteiger partial charge on any atom is 0.264 e. The summed E-state index contributed by atoms with van der Waals surface area (Å²) >= 11 is 15.6. The van der Waals surface area contributed by atoms with E-state index in [0.717, 1.165) is 14.3 Å². The van der Waals surface area contributed by atoms with Crippen molar-refractivity contribution >= 4 is 66.5 Å². The average Bonchev–Trinajstić information content (AvgIpc) is 2.77. The zero-order valence-electron chi connectivity index (χ0n) is 16.8. The van der Waals surface area contributed by atoms with Gasteiger partial charge < -0.3 is 0 Å². The second kappa shape index (κ2) is 10.5. The summed E-state index contributed by atoms with van der Waals surface area (Å²) in [6.07, 6.45) is 0. The van der Waals surface area contributed by atoms with Gasteiger partial charge in [0.2, 0.25) is 0 Å². The molecular weight excluding hydrogens is 537 g/mol. The molecule has 0 aliphatic rings. The first-order valence-corrected chi connectivity index (χ1v) is 12.3. The Morgan fingerprint density at radius 1 is 1.03 bits per heavy atom. The molecule has 166 valence electrons. The van der Waals surface area contributed by atoms with Gasteiger partial charge in [-0.2, -0.15) is 5.10 Å². The van der Waals surface area contributed by atoms with Gasteiger partial charge in [-0.05, 0) is 55.0 Å². The Labute approximate surface area is 205 Å². The highest BCUT2D eigenvalue weighted by atomic mass is 79.9. The monoisotopic (exact) mass is 553 g/mol. The molecule has 0 bridgehead atoms. The highest BCUT2D eigenvalue weighted by Gasteiger charge is 2.28. The van der Waals surface area contributed by atoms with Gasteiger partial charge in [-0.15, -0.1) is 0 Å². The van der Waals surface area contributed by atoms with Crippen LogP contribution in [0.3, 0.4) is 0 Å². The number of carbonyl (C=O) groups is 1. The van der Waals surface area contributed by atoms with Crippen LogP contribution in [0.15, 0.2) is 87.3 Å². The molecule has 3 aromatic rings. The molecule has 0 unspecified atom stereocenters. The zero-order chi connectivity index (χ0) is 23.3. The summed E-state index contributed by atoms with van der Waals surface area (Å²) in [7, 11) is -4.09. The zero-order valence-corrected chi connectivity index (χ0v) is 20.7. The van der Waals surface area contributed by atoms with Crippen molar-refractivity contribution in [3.8, 4) is 0 Å². The van der Waals surface area contributed by atoms with Gasteiger partial charge in [0.1, 0.15) is 6.54 Å². The first kappa shape index (κ1) is 24.3. The number of carbonyl (C=O) groups excluding carboxylic acids is 1. The van der Waals surface area contributed by atoms with E-state index in [1.807, 2.05) is 24.3 Å². The number of hydrazone groups is 1. The fourth-order valence-electron chi connectivity index (χ4n) is 2.79. The predicted molar refractivity (Wildman–Crippen MR) is 132 cm³/mol. The molecule has 6 nitrogen and oxygen atoms in total. The Bertz CT molecular complexity index is 1270. The van der Waals surface area contributed by atoms with Crippen molar-refractivity contribution in [1.29, 1.82) is 0 Å². The smallest absolute Gasteiger partial charge is 0.264 e. The lowest BCUT2D eigenvalue weighted by Gasteiger charge is -2.24. The minimum Gasteiger partial charge on any atom is -0.271 e. The molecule has 3 aromatic carbocycles. The Morgan fingerprint density at radius 2 is 1.75 bits per heavy atom. The van der Waals surface area contributed by atoms with Crippen LogP contribution >= 0.6 is 39.1 Å². The van der Waals surface area contributed by atoms with Crippen molar-refractivity contribution in [2.45, 2.75) is 11.8 Å². The lowest BCUT2D eigenvalue weighted by molar-refractivity contribution is -0.119. The van der Waals surface area contributed by atoms with Gasteiger partial charge in [-0.1, -0.05) is 69.5 Å². The second-order valence-corrected chi connectivity index (χ2v) is 10.3. The predicted octanol–water partition coefficient (Wildman–Crippen LogP) is 5.49. The molecule has 1 N–H and O–H groups in total. The molecule has 10 heteroatoms. The van der Waals surface area contributed by atoms with E-state index in [2.05, 4.69) is 26.5 Å². The van der Waals surface area contributed by atoms with Crippen molar-refractivity contribution in [1.82, 2.24) is 5.43 Å². The molecule has 0 fully saturated rings. The minimum absolute atomic E-state index is 0.0210. The summed E-state index contributed by atoms with van der Waals surface area (Å²) in [5, 5.41) is 4.53. The SMILES string of the molecule is C/C(=N/NC(=O)CN(c1ccc(Cl)cc1Cl)S(=O)(=O)c1ccccc1)c1cccc(Br)c1. The third kappa shape index (κ3) is 5.89. The van der Waals surface area contributed by atoms with E-state index in [0.29, 0.717) is 10.7 Å². The summed E-state index contributed by atoms with van der Waals surface area (Å²) in [6.45, 7) is 1.20. The summed E-state index contributed by atoms with van der Waals surface area (Å²) in [5.74, 6) is -0.634. The van der Waals surface area contributed by atoms with Crippen molar-refractivity contribution in [2.75, 3.05) is 10.8 Å². The van der Waals surface area contributed by atoms with E-state index in [1.165, 1.54) is 30.3 Å². The van der Waals surface area contributed by atoms with E-state index in [-0.39, 0.29) is 15.6 Å².